The minimum Gasteiger partial charge on any atom is -0.383 e. The Bertz CT molecular complexity index is 448. The van der Waals surface area contributed by atoms with Gasteiger partial charge in [0.2, 0.25) is 0 Å². The molecule has 2 bridgehead atoms. The first-order chi connectivity index (χ1) is 8.13. The summed E-state index contributed by atoms with van der Waals surface area (Å²) >= 11 is 0. The Morgan fingerprint density at radius 3 is 2.76 bits per heavy atom. The molecule has 0 spiro atoms. The van der Waals surface area contributed by atoms with Gasteiger partial charge in [0.1, 0.15) is 17.5 Å². The molecule has 3 rings (SSSR count). The fourth-order valence-electron chi connectivity index (χ4n) is 2.76. The van der Waals surface area contributed by atoms with Gasteiger partial charge in [0, 0.05) is 5.56 Å². The van der Waals surface area contributed by atoms with Crippen LogP contribution in [0.3, 0.4) is 0 Å². The van der Waals surface area contributed by atoms with Gasteiger partial charge in [0.05, 0.1) is 18.2 Å². The second kappa shape index (κ2) is 3.84. The SMILES string of the molecule is Cc1nc(N)c(C)c(NC2CC3CCC2O3)n1. The minimum absolute atomic E-state index is 0.343. The van der Waals surface area contributed by atoms with Crippen LogP contribution in [-0.4, -0.2) is 28.2 Å². The predicted molar refractivity (Wildman–Crippen MR) is 65.8 cm³/mol. The number of nitrogens with zero attached hydrogens (tertiary/aromatic N) is 2. The van der Waals surface area contributed by atoms with Crippen molar-refractivity contribution in [1.82, 2.24) is 9.97 Å². The predicted octanol–water partition coefficient (Wildman–Crippen LogP) is 1.41. The summed E-state index contributed by atoms with van der Waals surface area (Å²) in [7, 11) is 0. The van der Waals surface area contributed by atoms with E-state index in [1.165, 1.54) is 6.42 Å². The van der Waals surface area contributed by atoms with Crippen LogP contribution in [0, 0.1) is 13.8 Å². The van der Waals surface area contributed by atoms with Crippen LogP contribution < -0.4 is 11.1 Å². The van der Waals surface area contributed by atoms with E-state index in [0.29, 0.717) is 29.9 Å². The van der Waals surface area contributed by atoms with Gasteiger partial charge >= 0.3 is 0 Å². The molecule has 3 unspecified atom stereocenters. The average molecular weight is 234 g/mol. The topological polar surface area (TPSA) is 73.1 Å². The van der Waals surface area contributed by atoms with Crippen molar-refractivity contribution >= 4 is 11.6 Å². The molecule has 17 heavy (non-hydrogen) atoms. The smallest absolute Gasteiger partial charge is 0.135 e. The normalized spacial score (nSPS) is 30.8. The lowest BCUT2D eigenvalue weighted by Gasteiger charge is -2.22. The highest BCUT2D eigenvalue weighted by molar-refractivity contribution is 5.55. The molecule has 5 nitrogen and oxygen atoms in total. The maximum atomic E-state index is 5.85. The summed E-state index contributed by atoms with van der Waals surface area (Å²) in [6, 6.07) is 0.376. The van der Waals surface area contributed by atoms with Crippen LogP contribution in [0.2, 0.25) is 0 Å². The molecule has 0 aromatic carbocycles. The summed E-state index contributed by atoms with van der Waals surface area (Å²) in [6.07, 6.45) is 4.22. The van der Waals surface area contributed by atoms with Crippen LogP contribution in [0.25, 0.3) is 0 Å². The third kappa shape index (κ3) is 1.84. The van der Waals surface area contributed by atoms with Crippen molar-refractivity contribution in [3.63, 3.8) is 0 Å². The first-order valence-corrected chi connectivity index (χ1v) is 6.16. The number of rotatable bonds is 2. The van der Waals surface area contributed by atoms with Crippen LogP contribution in [-0.2, 0) is 4.74 Å². The maximum absolute atomic E-state index is 5.85. The Balaban J connectivity index is 1.81. The third-order valence-electron chi connectivity index (χ3n) is 3.72. The highest BCUT2D eigenvalue weighted by Crippen LogP contribution is 2.36. The Morgan fingerprint density at radius 1 is 1.29 bits per heavy atom. The van der Waals surface area contributed by atoms with Gasteiger partial charge in [-0.25, -0.2) is 9.97 Å². The van der Waals surface area contributed by atoms with E-state index >= 15 is 0 Å². The van der Waals surface area contributed by atoms with E-state index in [4.69, 9.17) is 10.5 Å². The molecule has 3 atom stereocenters. The molecule has 2 saturated heterocycles. The number of hydrogen-bond donors (Lipinski definition) is 2. The fraction of sp³-hybridized carbons (Fsp3) is 0.667. The first-order valence-electron chi connectivity index (χ1n) is 6.16. The Hall–Kier alpha value is -1.36. The number of nitrogen functional groups attached to an aromatic ring is 1. The average Bonchev–Trinajstić information content (AvgIpc) is 2.87. The number of aryl methyl sites for hydroxylation is 1. The molecule has 1 aromatic rings. The van der Waals surface area contributed by atoms with Crippen molar-refractivity contribution < 1.29 is 4.74 Å². The van der Waals surface area contributed by atoms with Gasteiger partial charge in [-0.3, -0.25) is 0 Å². The van der Waals surface area contributed by atoms with Gasteiger partial charge in [-0.05, 0) is 33.1 Å². The monoisotopic (exact) mass is 234 g/mol. The lowest BCUT2D eigenvalue weighted by molar-refractivity contribution is 0.102. The molecule has 0 saturated carbocycles. The number of anilines is 2. The van der Waals surface area contributed by atoms with Crippen LogP contribution >= 0.6 is 0 Å². The molecule has 0 radical (unpaired) electrons. The van der Waals surface area contributed by atoms with E-state index < -0.39 is 0 Å². The minimum atomic E-state index is 0.343. The number of nitrogens with one attached hydrogen (secondary N) is 1. The summed E-state index contributed by atoms with van der Waals surface area (Å²) in [5, 5.41) is 3.47. The zero-order chi connectivity index (χ0) is 12.0. The third-order valence-corrected chi connectivity index (χ3v) is 3.72. The van der Waals surface area contributed by atoms with Crippen LogP contribution in [0.4, 0.5) is 11.6 Å². The van der Waals surface area contributed by atoms with Gasteiger partial charge in [0.15, 0.2) is 0 Å². The van der Waals surface area contributed by atoms with Gasteiger partial charge in [-0.1, -0.05) is 0 Å². The molecule has 1 aromatic heterocycles. The molecule has 2 aliphatic rings. The number of fused-ring (bicyclic) bond motifs is 2. The van der Waals surface area contributed by atoms with Crippen molar-refractivity contribution in [2.75, 3.05) is 11.1 Å². The Labute approximate surface area is 101 Å². The lowest BCUT2D eigenvalue weighted by Crippen LogP contribution is -2.31. The quantitative estimate of drug-likeness (QED) is 0.809. The van der Waals surface area contributed by atoms with E-state index in [-0.39, 0.29) is 0 Å². The molecule has 0 amide bonds. The van der Waals surface area contributed by atoms with Crippen molar-refractivity contribution in [2.24, 2.45) is 0 Å². The molecule has 2 fully saturated rings. The van der Waals surface area contributed by atoms with Gasteiger partial charge in [-0.15, -0.1) is 0 Å². The zero-order valence-electron chi connectivity index (χ0n) is 10.2. The lowest BCUT2D eigenvalue weighted by atomic mass is 9.95. The summed E-state index contributed by atoms with van der Waals surface area (Å²) in [4.78, 5) is 8.57. The van der Waals surface area contributed by atoms with Crippen molar-refractivity contribution in [3.05, 3.63) is 11.4 Å². The number of ether oxygens (including phenoxy) is 1. The molecular formula is C12H18N4O. The number of nitrogens with two attached hydrogens (primary N) is 1. The highest BCUT2D eigenvalue weighted by atomic mass is 16.5. The van der Waals surface area contributed by atoms with Crippen LogP contribution in [0.1, 0.15) is 30.7 Å². The van der Waals surface area contributed by atoms with Gasteiger partial charge in [-0.2, -0.15) is 0 Å². The molecule has 3 N–H and O–H groups in total. The van der Waals surface area contributed by atoms with Gasteiger partial charge in [0.25, 0.3) is 0 Å². The molecule has 5 heteroatoms. The van der Waals surface area contributed by atoms with E-state index in [2.05, 4.69) is 15.3 Å². The van der Waals surface area contributed by atoms with E-state index in [1.807, 2.05) is 13.8 Å². The summed E-state index contributed by atoms with van der Waals surface area (Å²) in [5.74, 6) is 2.12. The van der Waals surface area contributed by atoms with E-state index in [0.717, 1.165) is 24.2 Å². The number of hydrogen-bond acceptors (Lipinski definition) is 5. The molecular weight excluding hydrogens is 216 g/mol. The molecule has 3 heterocycles. The van der Waals surface area contributed by atoms with Crippen molar-refractivity contribution in [2.45, 2.75) is 51.4 Å². The van der Waals surface area contributed by atoms with Crippen LogP contribution in [0.15, 0.2) is 0 Å². The van der Waals surface area contributed by atoms with Crippen molar-refractivity contribution in [1.29, 1.82) is 0 Å². The molecule has 2 aliphatic heterocycles. The Kier molecular flexibility index (Phi) is 2.43. The molecule has 92 valence electrons. The van der Waals surface area contributed by atoms with Crippen LogP contribution in [0.5, 0.6) is 0 Å². The summed E-state index contributed by atoms with van der Waals surface area (Å²) in [6.45, 7) is 3.81. The van der Waals surface area contributed by atoms with E-state index in [1.54, 1.807) is 0 Å². The summed E-state index contributed by atoms with van der Waals surface area (Å²) < 4.78 is 5.82. The number of aromatic nitrogens is 2. The maximum Gasteiger partial charge on any atom is 0.135 e. The van der Waals surface area contributed by atoms with E-state index in [9.17, 15) is 0 Å². The summed E-state index contributed by atoms with van der Waals surface area (Å²) in [5.41, 5.74) is 6.78. The largest absolute Gasteiger partial charge is 0.383 e. The van der Waals surface area contributed by atoms with Gasteiger partial charge < -0.3 is 15.8 Å². The molecule has 0 aliphatic carbocycles. The zero-order valence-corrected chi connectivity index (χ0v) is 10.2. The highest BCUT2D eigenvalue weighted by Gasteiger charge is 2.41. The fourth-order valence-corrected chi connectivity index (χ4v) is 2.76. The van der Waals surface area contributed by atoms with Crippen molar-refractivity contribution in [3.8, 4) is 0 Å². The second-order valence-corrected chi connectivity index (χ2v) is 4.99. The standard InChI is InChI=1S/C12H18N4O/c1-6-11(13)14-7(2)15-12(6)16-9-5-8-3-4-10(9)17-8/h8-10H,3-5H2,1-2H3,(H3,13,14,15,16). The second-order valence-electron chi connectivity index (χ2n) is 4.99. The Morgan fingerprint density at radius 2 is 2.12 bits per heavy atom. The first kappa shape index (κ1) is 10.8.